The lowest BCUT2D eigenvalue weighted by Gasteiger charge is -2.35. The van der Waals surface area contributed by atoms with Crippen molar-refractivity contribution >= 4 is 17.8 Å². The van der Waals surface area contributed by atoms with Crippen LogP contribution in [0, 0.1) is 5.92 Å². The molecule has 0 N–H and O–H groups in total. The molecule has 3 rings (SSSR count). The number of hydroxylamine groups is 2. The number of amides is 2. The summed E-state index contributed by atoms with van der Waals surface area (Å²) in [5.41, 5.74) is 0.258. The minimum absolute atomic E-state index is 0.126. The average molecular weight is 317 g/mol. The van der Waals surface area contributed by atoms with E-state index in [1.54, 1.807) is 24.3 Å². The van der Waals surface area contributed by atoms with Crippen LogP contribution in [0.3, 0.4) is 0 Å². The summed E-state index contributed by atoms with van der Waals surface area (Å²) in [5, 5.41) is 0.567. The summed E-state index contributed by atoms with van der Waals surface area (Å²) in [6, 6.07) is 6.42. The highest BCUT2D eigenvalue weighted by Crippen LogP contribution is 2.31. The molecule has 2 aliphatic rings. The topological polar surface area (TPSA) is 72.9 Å². The molecule has 1 aromatic rings. The molecule has 2 heterocycles. The quantitative estimate of drug-likeness (QED) is 0.800. The maximum absolute atomic E-state index is 12.1. The van der Waals surface area contributed by atoms with Crippen molar-refractivity contribution in [2.45, 2.75) is 38.7 Å². The Morgan fingerprint density at radius 1 is 1.26 bits per heavy atom. The Kier molecular flexibility index (Phi) is 3.93. The first-order chi connectivity index (χ1) is 10.9. The van der Waals surface area contributed by atoms with Gasteiger partial charge in [-0.25, -0.2) is 4.79 Å². The number of carbonyl (C=O) groups is 3. The number of hydrogen-bond acceptors (Lipinski definition) is 5. The molecule has 0 radical (unpaired) electrons. The van der Waals surface area contributed by atoms with Gasteiger partial charge in [0.05, 0.1) is 23.1 Å². The van der Waals surface area contributed by atoms with Crippen molar-refractivity contribution in [1.82, 2.24) is 5.06 Å². The van der Waals surface area contributed by atoms with Crippen molar-refractivity contribution in [2.24, 2.45) is 5.92 Å². The zero-order valence-electron chi connectivity index (χ0n) is 13.2. The van der Waals surface area contributed by atoms with Crippen LogP contribution in [0.4, 0.5) is 0 Å². The van der Waals surface area contributed by atoms with Crippen LogP contribution in [-0.2, 0) is 14.4 Å². The molecule has 23 heavy (non-hydrogen) atoms. The summed E-state index contributed by atoms with van der Waals surface area (Å²) in [5.74, 6) is -1.62. The second-order valence-electron chi connectivity index (χ2n) is 6.58. The SMILES string of the molecule is CC1(C)CC(CC(=O)ON2C(=O)c3ccccc3C2=O)CCO1. The molecular formula is C17H19NO5. The highest BCUT2D eigenvalue weighted by atomic mass is 16.7. The van der Waals surface area contributed by atoms with Gasteiger partial charge in [0.15, 0.2) is 0 Å². The number of carbonyl (C=O) groups excluding carboxylic acids is 3. The number of benzene rings is 1. The molecule has 6 nitrogen and oxygen atoms in total. The lowest BCUT2D eigenvalue weighted by molar-refractivity contribution is -0.171. The van der Waals surface area contributed by atoms with E-state index in [9.17, 15) is 14.4 Å². The van der Waals surface area contributed by atoms with Gasteiger partial charge >= 0.3 is 5.97 Å². The maximum atomic E-state index is 12.1. The van der Waals surface area contributed by atoms with Crippen molar-refractivity contribution in [1.29, 1.82) is 0 Å². The molecule has 0 aliphatic carbocycles. The van der Waals surface area contributed by atoms with Crippen molar-refractivity contribution in [3.63, 3.8) is 0 Å². The summed E-state index contributed by atoms with van der Waals surface area (Å²) in [6.07, 6.45) is 1.67. The van der Waals surface area contributed by atoms with E-state index in [2.05, 4.69) is 0 Å². The molecule has 0 saturated carbocycles. The summed E-state index contributed by atoms with van der Waals surface area (Å²) < 4.78 is 5.62. The van der Waals surface area contributed by atoms with Crippen LogP contribution in [0.1, 0.15) is 53.8 Å². The van der Waals surface area contributed by atoms with Gasteiger partial charge in [0, 0.05) is 6.61 Å². The molecule has 2 amide bonds. The van der Waals surface area contributed by atoms with E-state index < -0.39 is 17.8 Å². The Hall–Kier alpha value is -2.21. The summed E-state index contributed by atoms with van der Waals surface area (Å²) in [6.45, 7) is 4.56. The number of hydrogen-bond donors (Lipinski definition) is 0. The molecule has 1 atom stereocenters. The fraction of sp³-hybridized carbons (Fsp3) is 0.471. The highest BCUT2D eigenvalue weighted by Gasteiger charge is 2.39. The van der Waals surface area contributed by atoms with Crippen molar-refractivity contribution in [2.75, 3.05) is 6.61 Å². The molecule has 1 aromatic carbocycles. The molecule has 6 heteroatoms. The van der Waals surface area contributed by atoms with E-state index in [1.165, 1.54) is 0 Å². The fourth-order valence-electron chi connectivity index (χ4n) is 3.16. The van der Waals surface area contributed by atoms with Crippen LogP contribution in [0.2, 0.25) is 0 Å². The third-order valence-electron chi connectivity index (χ3n) is 4.20. The number of rotatable bonds is 3. The number of imide groups is 1. The second-order valence-corrected chi connectivity index (χ2v) is 6.58. The molecule has 1 saturated heterocycles. The summed E-state index contributed by atoms with van der Waals surface area (Å²) in [7, 11) is 0. The van der Waals surface area contributed by atoms with Crippen LogP contribution < -0.4 is 0 Å². The third kappa shape index (κ3) is 3.12. The maximum Gasteiger partial charge on any atom is 0.333 e. The van der Waals surface area contributed by atoms with Crippen molar-refractivity contribution in [3.05, 3.63) is 35.4 Å². The van der Waals surface area contributed by atoms with Gasteiger partial charge in [0.2, 0.25) is 0 Å². The zero-order chi connectivity index (χ0) is 16.6. The number of ether oxygens (including phenoxy) is 1. The molecule has 122 valence electrons. The van der Waals surface area contributed by atoms with Gasteiger partial charge in [-0.3, -0.25) is 9.59 Å². The Bertz CT molecular complexity index is 632. The van der Waals surface area contributed by atoms with E-state index in [-0.39, 0.29) is 29.1 Å². The predicted octanol–water partition coefficient (Wildman–Crippen LogP) is 2.34. The first-order valence-corrected chi connectivity index (χ1v) is 7.70. The molecule has 2 aliphatic heterocycles. The van der Waals surface area contributed by atoms with E-state index in [0.717, 1.165) is 12.8 Å². The van der Waals surface area contributed by atoms with Gasteiger partial charge in [-0.2, -0.15) is 0 Å². The van der Waals surface area contributed by atoms with Gasteiger partial charge in [-0.15, -0.1) is 0 Å². The minimum Gasteiger partial charge on any atom is -0.376 e. The highest BCUT2D eigenvalue weighted by molar-refractivity contribution is 6.20. The largest absolute Gasteiger partial charge is 0.376 e. The monoisotopic (exact) mass is 317 g/mol. The molecule has 0 bridgehead atoms. The van der Waals surface area contributed by atoms with Crippen LogP contribution >= 0.6 is 0 Å². The smallest absolute Gasteiger partial charge is 0.333 e. The third-order valence-corrected chi connectivity index (χ3v) is 4.20. The van der Waals surface area contributed by atoms with Gasteiger partial charge in [-0.05, 0) is 44.7 Å². The molecule has 0 spiro atoms. The van der Waals surface area contributed by atoms with Gasteiger partial charge in [0.1, 0.15) is 0 Å². The Balaban J connectivity index is 1.63. The van der Waals surface area contributed by atoms with Gasteiger partial charge in [0.25, 0.3) is 11.8 Å². The second kappa shape index (κ2) is 5.77. The normalized spacial score (nSPS) is 22.9. The average Bonchev–Trinajstić information content (AvgIpc) is 2.72. The lowest BCUT2D eigenvalue weighted by Crippen LogP contribution is -2.37. The van der Waals surface area contributed by atoms with Gasteiger partial charge in [-0.1, -0.05) is 17.2 Å². The minimum atomic E-state index is -0.591. The van der Waals surface area contributed by atoms with Crippen LogP contribution in [0.25, 0.3) is 0 Å². The zero-order valence-corrected chi connectivity index (χ0v) is 13.2. The van der Waals surface area contributed by atoms with E-state index >= 15 is 0 Å². The van der Waals surface area contributed by atoms with Crippen molar-refractivity contribution in [3.8, 4) is 0 Å². The predicted molar refractivity (Wildman–Crippen MR) is 80.4 cm³/mol. The Labute approximate surface area is 134 Å². The van der Waals surface area contributed by atoms with E-state index in [4.69, 9.17) is 9.57 Å². The van der Waals surface area contributed by atoms with Crippen LogP contribution in [0.15, 0.2) is 24.3 Å². The number of nitrogens with zero attached hydrogens (tertiary/aromatic N) is 1. The molecular weight excluding hydrogens is 298 g/mol. The van der Waals surface area contributed by atoms with Gasteiger partial charge < -0.3 is 9.57 Å². The molecule has 1 unspecified atom stereocenters. The van der Waals surface area contributed by atoms with Crippen LogP contribution in [-0.4, -0.2) is 35.1 Å². The fourth-order valence-corrected chi connectivity index (χ4v) is 3.16. The standard InChI is InChI=1S/C17H19NO5/c1-17(2)10-11(7-8-22-17)9-14(19)23-18-15(20)12-5-3-4-6-13(12)16(18)21/h3-6,11H,7-10H2,1-2H3. The summed E-state index contributed by atoms with van der Waals surface area (Å²) in [4.78, 5) is 41.4. The first-order valence-electron chi connectivity index (χ1n) is 7.70. The first kappa shape index (κ1) is 15.7. The number of fused-ring (bicyclic) bond motifs is 1. The van der Waals surface area contributed by atoms with E-state index in [1.807, 2.05) is 13.8 Å². The van der Waals surface area contributed by atoms with Crippen LogP contribution in [0.5, 0.6) is 0 Å². The Morgan fingerprint density at radius 2 is 1.87 bits per heavy atom. The van der Waals surface area contributed by atoms with E-state index in [0.29, 0.717) is 11.7 Å². The molecule has 1 fully saturated rings. The summed E-state index contributed by atoms with van der Waals surface area (Å²) >= 11 is 0. The molecule has 0 aromatic heterocycles. The van der Waals surface area contributed by atoms with Crippen molar-refractivity contribution < 1.29 is 24.0 Å². The lowest BCUT2D eigenvalue weighted by atomic mass is 9.86. The Morgan fingerprint density at radius 3 is 2.43 bits per heavy atom.